The third kappa shape index (κ3) is 3.82. The summed E-state index contributed by atoms with van der Waals surface area (Å²) in [6.07, 6.45) is 3.65. The molecule has 1 N–H and O–H groups in total. The van der Waals surface area contributed by atoms with Crippen molar-refractivity contribution in [2.45, 2.75) is 46.1 Å². The Morgan fingerprint density at radius 2 is 2.06 bits per heavy atom. The Labute approximate surface area is 113 Å². The summed E-state index contributed by atoms with van der Waals surface area (Å²) >= 11 is 3.55. The van der Waals surface area contributed by atoms with E-state index in [0.717, 1.165) is 6.54 Å². The van der Waals surface area contributed by atoms with Gasteiger partial charge in [0, 0.05) is 17.1 Å². The molecule has 0 saturated heterocycles. The van der Waals surface area contributed by atoms with Gasteiger partial charge in [-0.25, -0.2) is 0 Å². The molecule has 1 nitrogen and oxygen atoms in total. The van der Waals surface area contributed by atoms with Crippen LogP contribution >= 0.6 is 15.9 Å². The Morgan fingerprint density at radius 3 is 2.76 bits per heavy atom. The van der Waals surface area contributed by atoms with Crippen molar-refractivity contribution in [1.82, 2.24) is 5.32 Å². The van der Waals surface area contributed by atoms with Gasteiger partial charge in [0.05, 0.1) is 0 Å². The first-order chi connectivity index (χ1) is 7.94. The lowest BCUT2D eigenvalue weighted by atomic mass is 9.87. The van der Waals surface area contributed by atoms with Crippen LogP contribution in [0.4, 0.5) is 0 Å². The number of aryl methyl sites for hydroxylation is 1. The number of fused-ring (bicyclic) bond motifs is 1. The molecule has 0 fully saturated rings. The summed E-state index contributed by atoms with van der Waals surface area (Å²) in [5.74, 6) is 0. The second-order valence-corrected chi connectivity index (χ2v) is 7.21. The summed E-state index contributed by atoms with van der Waals surface area (Å²) in [4.78, 5) is 0. The Balaban J connectivity index is 1.97. The molecule has 0 radical (unpaired) electrons. The van der Waals surface area contributed by atoms with Crippen molar-refractivity contribution in [3.8, 4) is 0 Å². The summed E-state index contributed by atoms with van der Waals surface area (Å²) in [5, 5.41) is 3.71. The molecule has 0 heterocycles. The van der Waals surface area contributed by atoms with Gasteiger partial charge in [-0.05, 0) is 47.9 Å². The molecule has 0 amide bonds. The molecule has 0 spiro atoms. The SMILES string of the molecule is CC(C)(C)CNC1CCc2cc(Br)ccc2C1. The van der Waals surface area contributed by atoms with Gasteiger partial charge in [-0.3, -0.25) is 0 Å². The third-order valence-electron chi connectivity index (χ3n) is 3.32. The van der Waals surface area contributed by atoms with Crippen molar-refractivity contribution in [3.05, 3.63) is 33.8 Å². The van der Waals surface area contributed by atoms with Gasteiger partial charge in [-0.2, -0.15) is 0 Å². The van der Waals surface area contributed by atoms with E-state index < -0.39 is 0 Å². The molecule has 0 aliphatic heterocycles. The predicted molar refractivity (Wildman–Crippen MR) is 77.4 cm³/mol. The Kier molecular flexibility index (Phi) is 3.94. The first-order valence-electron chi connectivity index (χ1n) is 6.45. The molecule has 1 unspecified atom stereocenters. The highest BCUT2D eigenvalue weighted by Gasteiger charge is 2.20. The molecule has 1 aliphatic rings. The highest BCUT2D eigenvalue weighted by Crippen LogP contribution is 2.25. The van der Waals surface area contributed by atoms with Crippen molar-refractivity contribution in [1.29, 1.82) is 0 Å². The molecule has 0 aromatic heterocycles. The number of nitrogens with one attached hydrogen (secondary N) is 1. The molecule has 2 heteroatoms. The van der Waals surface area contributed by atoms with Crippen molar-refractivity contribution in [2.24, 2.45) is 5.41 Å². The lowest BCUT2D eigenvalue weighted by Gasteiger charge is -2.29. The molecule has 1 aromatic carbocycles. The van der Waals surface area contributed by atoms with Crippen LogP contribution in [0.2, 0.25) is 0 Å². The van der Waals surface area contributed by atoms with Crippen LogP contribution in [0.15, 0.2) is 22.7 Å². The van der Waals surface area contributed by atoms with Crippen LogP contribution in [0.1, 0.15) is 38.3 Å². The maximum atomic E-state index is 3.71. The fourth-order valence-corrected chi connectivity index (χ4v) is 2.76. The van der Waals surface area contributed by atoms with Gasteiger partial charge in [0.1, 0.15) is 0 Å². The van der Waals surface area contributed by atoms with Gasteiger partial charge in [0.2, 0.25) is 0 Å². The maximum absolute atomic E-state index is 3.71. The predicted octanol–water partition coefficient (Wildman–Crippen LogP) is 3.94. The van der Waals surface area contributed by atoms with Crippen LogP contribution < -0.4 is 5.32 Å². The zero-order valence-corrected chi connectivity index (χ0v) is 12.6. The highest BCUT2D eigenvalue weighted by molar-refractivity contribution is 9.10. The van der Waals surface area contributed by atoms with Crippen molar-refractivity contribution in [3.63, 3.8) is 0 Å². The van der Waals surface area contributed by atoms with Crippen LogP contribution in [0.3, 0.4) is 0 Å². The number of hydrogen-bond acceptors (Lipinski definition) is 1. The first-order valence-corrected chi connectivity index (χ1v) is 7.24. The summed E-state index contributed by atoms with van der Waals surface area (Å²) < 4.78 is 1.21. The number of rotatable bonds is 2. The third-order valence-corrected chi connectivity index (χ3v) is 3.81. The van der Waals surface area contributed by atoms with E-state index >= 15 is 0 Å². The minimum atomic E-state index is 0.375. The van der Waals surface area contributed by atoms with Crippen molar-refractivity contribution >= 4 is 15.9 Å². The average Bonchev–Trinajstić information content (AvgIpc) is 2.25. The summed E-state index contributed by atoms with van der Waals surface area (Å²) in [6, 6.07) is 7.35. The number of benzene rings is 1. The lowest BCUT2D eigenvalue weighted by Crippen LogP contribution is -2.39. The minimum Gasteiger partial charge on any atom is -0.313 e. The van der Waals surface area contributed by atoms with Gasteiger partial charge < -0.3 is 5.32 Å². The lowest BCUT2D eigenvalue weighted by molar-refractivity contribution is 0.336. The van der Waals surface area contributed by atoms with E-state index in [0.29, 0.717) is 11.5 Å². The zero-order chi connectivity index (χ0) is 12.5. The smallest absolute Gasteiger partial charge is 0.0178 e. The van der Waals surface area contributed by atoms with Gasteiger partial charge in [0.25, 0.3) is 0 Å². The van der Waals surface area contributed by atoms with E-state index in [1.165, 1.54) is 34.9 Å². The molecule has 0 bridgehead atoms. The quantitative estimate of drug-likeness (QED) is 0.871. The Morgan fingerprint density at radius 1 is 1.29 bits per heavy atom. The monoisotopic (exact) mass is 295 g/mol. The molecule has 94 valence electrons. The molecular weight excluding hydrogens is 274 g/mol. The van der Waals surface area contributed by atoms with Crippen molar-refractivity contribution < 1.29 is 0 Å². The summed E-state index contributed by atoms with van der Waals surface area (Å²) in [5.41, 5.74) is 3.42. The zero-order valence-electron chi connectivity index (χ0n) is 11.0. The minimum absolute atomic E-state index is 0.375. The van der Waals surface area contributed by atoms with E-state index in [2.05, 4.69) is 60.2 Å². The van der Waals surface area contributed by atoms with Gasteiger partial charge in [0.15, 0.2) is 0 Å². The normalized spacial score (nSPS) is 20.1. The van der Waals surface area contributed by atoms with Crippen LogP contribution in [0, 0.1) is 5.41 Å². The van der Waals surface area contributed by atoms with Crippen LogP contribution in [-0.4, -0.2) is 12.6 Å². The van der Waals surface area contributed by atoms with Crippen LogP contribution in [0.5, 0.6) is 0 Å². The molecule has 1 aromatic rings. The largest absolute Gasteiger partial charge is 0.313 e. The molecule has 1 aliphatic carbocycles. The fourth-order valence-electron chi connectivity index (χ4n) is 2.35. The maximum Gasteiger partial charge on any atom is 0.0178 e. The van der Waals surface area contributed by atoms with Crippen LogP contribution in [0.25, 0.3) is 0 Å². The van der Waals surface area contributed by atoms with E-state index in [1.807, 2.05) is 0 Å². The second kappa shape index (κ2) is 5.11. The van der Waals surface area contributed by atoms with E-state index in [4.69, 9.17) is 0 Å². The van der Waals surface area contributed by atoms with Crippen LogP contribution in [-0.2, 0) is 12.8 Å². The standard InChI is InChI=1S/C15H22BrN/c1-15(2,3)10-17-14-7-5-11-8-13(16)6-4-12(11)9-14/h4,6,8,14,17H,5,7,9-10H2,1-3H3. The van der Waals surface area contributed by atoms with E-state index in [1.54, 1.807) is 0 Å². The first kappa shape index (κ1) is 13.1. The van der Waals surface area contributed by atoms with Gasteiger partial charge in [-0.15, -0.1) is 0 Å². The number of halogens is 1. The molecule has 0 saturated carbocycles. The highest BCUT2D eigenvalue weighted by atomic mass is 79.9. The molecule has 1 atom stereocenters. The van der Waals surface area contributed by atoms with Gasteiger partial charge in [-0.1, -0.05) is 42.8 Å². The summed E-state index contributed by atoms with van der Waals surface area (Å²) in [6.45, 7) is 7.96. The fraction of sp³-hybridized carbons (Fsp3) is 0.600. The molecule has 17 heavy (non-hydrogen) atoms. The average molecular weight is 296 g/mol. The summed E-state index contributed by atoms with van der Waals surface area (Å²) in [7, 11) is 0. The molecular formula is C15H22BrN. The number of hydrogen-bond donors (Lipinski definition) is 1. The van der Waals surface area contributed by atoms with E-state index in [-0.39, 0.29) is 0 Å². The van der Waals surface area contributed by atoms with Gasteiger partial charge >= 0.3 is 0 Å². The van der Waals surface area contributed by atoms with E-state index in [9.17, 15) is 0 Å². The molecule has 2 rings (SSSR count). The topological polar surface area (TPSA) is 12.0 Å². The van der Waals surface area contributed by atoms with Crippen molar-refractivity contribution in [2.75, 3.05) is 6.54 Å². The second-order valence-electron chi connectivity index (χ2n) is 6.29. The Bertz CT molecular complexity index is 392. The Hall–Kier alpha value is -0.340.